The molecule has 1 N–H and O–H groups in total. The zero-order chi connectivity index (χ0) is 23.4. The molecule has 164 valence electrons. The van der Waals surface area contributed by atoms with Crippen molar-refractivity contribution in [1.82, 2.24) is 0 Å². The summed E-state index contributed by atoms with van der Waals surface area (Å²) < 4.78 is 11.8. The number of nitrogens with zero attached hydrogens (tertiary/aromatic N) is 1. The molecule has 2 heterocycles. The largest absolute Gasteiger partial charge is 0.462 e. The van der Waals surface area contributed by atoms with Crippen molar-refractivity contribution in [2.45, 2.75) is 27.7 Å². The number of hydrogen-bond acceptors (Lipinski definition) is 6. The minimum atomic E-state index is -0.631. The number of amides is 1. The normalized spacial score (nSPS) is 11.2. The van der Waals surface area contributed by atoms with Gasteiger partial charge in [-0.1, -0.05) is 22.0 Å². The highest BCUT2D eigenvalue weighted by atomic mass is 79.9. The number of anilines is 1. The van der Waals surface area contributed by atoms with Crippen LogP contribution >= 0.6 is 27.3 Å². The monoisotopic (exact) mass is 512 g/mol. The number of nitriles is 1. The molecule has 0 saturated heterocycles. The Morgan fingerprint density at radius 2 is 2.00 bits per heavy atom. The average molecular weight is 513 g/mol. The molecule has 32 heavy (non-hydrogen) atoms. The summed E-state index contributed by atoms with van der Waals surface area (Å²) in [7, 11) is 0. The fourth-order valence-corrected chi connectivity index (χ4v) is 4.75. The Labute approximate surface area is 198 Å². The molecule has 0 aliphatic heterocycles. The highest BCUT2D eigenvalue weighted by molar-refractivity contribution is 9.10. The minimum Gasteiger partial charge on any atom is -0.462 e. The molecule has 8 heteroatoms. The Kier molecular flexibility index (Phi) is 7.33. The Balaban J connectivity index is 1.86. The van der Waals surface area contributed by atoms with E-state index in [1.54, 1.807) is 26.0 Å². The van der Waals surface area contributed by atoms with Gasteiger partial charge in [-0.15, -0.1) is 11.3 Å². The summed E-state index contributed by atoms with van der Waals surface area (Å²) in [5.41, 5.74) is 2.88. The van der Waals surface area contributed by atoms with Gasteiger partial charge < -0.3 is 14.5 Å². The maximum atomic E-state index is 12.8. The number of hydrogen-bond donors (Lipinski definition) is 1. The van der Waals surface area contributed by atoms with Gasteiger partial charge in [0.15, 0.2) is 0 Å². The molecule has 1 amide bonds. The van der Waals surface area contributed by atoms with E-state index in [9.17, 15) is 14.9 Å². The molecule has 0 fully saturated rings. The third kappa shape index (κ3) is 5.01. The van der Waals surface area contributed by atoms with Gasteiger partial charge in [-0.3, -0.25) is 4.79 Å². The summed E-state index contributed by atoms with van der Waals surface area (Å²) in [6, 6.07) is 11.3. The van der Waals surface area contributed by atoms with Gasteiger partial charge in [0.1, 0.15) is 28.2 Å². The van der Waals surface area contributed by atoms with Crippen molar-refractivity contribution in [3.8, 4) is 17.4 Å². The maximum absolute atomic E-state index is 12.8. The molecule has 0 spiro atoms. The van der Waals surface area contributed by atoms with Gasteiger partial charge in [0.25, 0.3) is 5.91 Å². The van der Waals surface area contributed by atoms with Crippen molar-refractivity contribution in [3.05, 3.63) is 67.7 Å². The van der Waals surface area contributed by atoms with Crippen molar-refractivity contribution in [2.24, 2.45) is 0 Å². The van der Waals surface area contributed by atoms with Crippen LogP contribution in [0.3, 0.4) is 0 Å². The fraction of sp³-hybridized carbons (Fsp3) is 0.208. The molecule has 3 aromatic rings. The first-order valence-electron chi connectivity index (χ1n) is 9.81. The van der Waals surface area contributed by atoms with Gasteiger partial charge in [-0.25, -0.2) is 4.79 Å². The minimum absolute atomic E-state index is 0.146. The number of aryl methyl sites for hydroxylation is 2. The lowest BCUT2D eigenvalue weighted by molar-refractivity contribution is -0.112. The van der Waals surface area contributed by atoms with Gasteiger partial charge in [-0.2, -0.15) is 5.26 Å². The van der Waals surface area contributed by atoms with Crippen LogP contribution in [0.1, 0.15) is 39.0 Å². The van der Waals surface area contributed by atoms with Crippen LogP contribution in [0.4, 0.5) is 5.00 Å². The summed E-state index contributed by atoms with van der Waals surface area (Å²) in [6.45, 7) is 7.58. The van der Waals surface area contributed by atoms with Crippen LogP contribution in [0.5, 0.6) is 0 Å². The van der Waals surface area contributed by atoms with Crippen molar-refractivity contribution in [3.63, 3.8) is 0 Å². The quantitative estimate of drug-likeness (QED) is 0.233. The zero-order valence-corrected chi connectivity index (χ0v) is 20.4. The Morgan fingerprint density at radius 3 is 2.66 bits per heavy atom. The second-order valence-electron chi connectivity index (χ2n) is 7.02. The van der Waals surface area contributed by atoms with Crippen LogP contribution < -0.4 is 5.32 Å². The molecule has 0 aliphatic carbocycles. The zero-order valence-electron chi connectivity index (χ0n) is 18.0. The number of furan rings is 1. The summed E-state index contributed by atoms with van der Waals surface area (Å²) in [5.74, 6) is -0.168. The molecular weight excluding hydrogens is 492 g/mol. The van der Waals surface area contributed by atoms with Gasteiger partial charge in [0.2, 0.25) is 0 Å². The molecule has 1 aromatic carbocycles. The topological polar surface area (TPSA) is 92.3 Å². The van der Waals surface area contributed by atoms with E-state index in [0.29, 0.717) is 22.1 Å². The second kappa shape index (κ2) is 9.98. The van der Waals surface area contributed by atoms with Gasteiger partial charge in [0.05, 0.1) is 12.2 Å². The predicted octanol–water partition coefficient (Wildman–Crippen LogP) is 6.42. The molecule has 0 aliphatic rings. The highest BCUT2D eigenvalue weighted by Crippen LogP contribution is 2.34. The molecule has 3 rings (SSSR count). The van der Waals surface area contributed by atoms with Gasteiger partial charge >= 0.3 is 5.97 Å². The van der Waals surface area contributed by atoms with E-state index < -0.39 is 11.9 Å². The van der Waals surface area contributed by atoms with Crippen molar-refractivity contribution >= 4 is 50.2 Å². The first kappa shape index (κ1) is 23.5. The number of carbonyl (C=O) groups excluding carboxylic acids is 2. The number of benzene rings is 1. The van der Waals surface area contributed by atoms with Crippen LogP contribution in [0.15, 0.2) is 44.8 Å². The number of esters is 1. The second-order valence-corrected chi connectivity index (χ2v) is 9.10. The molecule has 0 saturated carbocycles. The van der Waals surface area contributed by atoms with Crippen LogP contribution in [0.25, 0.3) is 17.4 Å². The Bertz CT molecular complexity index is 1260. The van der Waals surface area contributed by atoms with Gasteiger partial charge in [0, 0.05) is 21.0 Å². The first-order valence-corrected chi connectivity index (χ1v) is 11.4. The molecule has 0 atom stereocenters. The van der Waals surface area contributed by atoms with E-state index in [-0.39, 0.29) is 12.2 Å². The Morgan fingerprint density at radius 1 is 1.25 bits per heavy atom. The summed E-state index contributed by atoms with van der Waals surface area (Å²) in [6.07, 6.45) is 1.37. The fourth-order valence-electron chi connectivity index (χ4n) is 3.02. The van der Waals surface area contributed by atoms with E-state index in [1.165, 1.54) is 17.4 Å². The van der Waals surface area contributed by atoms with Crippen LogP contribution in [-0.2, 0) is 9.53 Å². The maximum Gasteiger partial charge on any atom is 0.341 e. The number of thiophene rings is 1. The number of ether oxygens (including phenoxy) is 1. The van der Waals surface area contributed by atoms with Crippen LogP contribution in [0, 0.1) is 32.1 Å². The molecular formula is C24H21BrN2O4S. The predicted molar refractivity (Wildman–Crippen MR) is 129 cm³/mol. The number of rotatable bonds is 6. The van der Waals surface area contributed by atoms with E-state index in [0.717, 1.165) is 26.0 Å². The molecule has 0 unspecified atom stereocenters. The molecule has 6 nitrogen and oxygen atoms in total. The highest BCUT2D eigenvalue weighted by Gasteiger charge is 2.23. The Hall–Kier alpha value is -3.15. The first-order chi connectivity index (χ1) is 15.2. The molecule has 0 radical (unpaired) electrons. The van der Waals surface area contributed by atoms with Crippen LogP contribution in [-0.4, -0.2) is 18.5 Å². The van der Waals surface area contributed by atoms with E-state index >= 15 is 0 Å². The van der Waals surface area contributed by atoms with Gasteiger partial charge in [-0.05, 0) is 63.1 Å². The lowest BCUT2D eigenvalue weighted by Crippen LogP contribution is -2.16. The number of halogens is 1. The standard InChI is InChI=1S/C24H21BrN2O4S/c1-5-30-24(29)21-14(3)15(4)32-23(21)27-22(28)16(12-26)11-17-7-9-20(31-17)18-8-6-13(2)10-19(18)25/h6-11H,5H2,1-4H3,(H,27,28)/b16-11+. The van der Waals surface area contributed by atoms with Crippen molar-refractivity contribution in [1.29, 1.82) is 5.26 Å². The van der Waals surface area contributed by atoms with E-state index in [4.69, 9.17) is 9.15 Å². The van der Waals surface area contributed by atoms with E-state index in [2.05, 4.69) is 21.2 Å². The van der Waals surface area contributed by atoms with E-state index in [1.807, 2.05) is 38.1 Å². The molecule has 0 bridgehead atoms. The van der Waals surface area contributed by atoms with Crippen molar-refractivity contribution in [2.75, 3.05) is 11.9 Å². The van der Waals surface area contributed by atoms with Crippen LogP contribution in [0.2, 0.25) is 0 Å². The number of nitrogens with one attached hydrogen (secondary N) is 1. The smallest absolute Gasteiger partial charge is 0.341 e. The summed E-state index contributed by atoms with van der Waals surface area (Å²) in [5, 5.41) is 12.6. The summed E-state index contributed by atoms with van der Waals surface area (Å²) in [4.78, 5) is 26.0. The summed E-state index contributed by atoms with van der Waals surface area (Å²) >= 11 is 4.79. The SMILES string of the molecule is CCOC(=O)c1c(NC(=O)/C(C#N)=C/c2ccc(-c3ccc(C)cc3Br)o2)sc(C)c1C. The number of carbonyl (C=O) groups is 2. The van der Waals surface area contributed by atoms with Crippen molar-refractivity contribution < 1.29 is 18.7 Å². The third-order valence-corrected chi connectivity index (χ3v) is 6.54. The third-order valence-electron chi connectivity index (χ3n) is 4.76. The average Bonchev–Trinajstić information content (AvgIpc) is 3.30. The lowest BCUT2D eigenvalue weighted by atomic mass is 10.1. The molecule has 2 aromatic heterocycles. The lowest BCUT2D eigenvalue weighted by Gasteiger charge is -2.06.